The minimum absolute atomic E-state index is 0.203. The summed E-state index contributed by atoms with van der Waals surface area (Å²) in [7, 11) is 1.85. The number of likely N-dealkylation sites (N-methyl/N-ethyl adjacent to an activating group) is 1. The van der Waals surface area contributed by atoms with E-state index in [2.05, 4.69) is 0 Å². The second-order valence-electron chi connectivity index (χ2n) is 3.62. The van der Waals surface area contributed by atoms with E-state index in [1.807, 2.05) is 14.0 Å². The summed E-state index contributed by atoms with van der Waals surface area (Å²) in [5, 5.41) is 0. The highest BCUT2D eigenvalue weighted by Gasteiger charge is 2.17. The molecule has 1 aliphatic rings. The molecule has 0 saturated carbocycles. The second kappa shape index (κ2) is 5.22. The predicted molar refractivity (Wildman–Crippen MR) is 51.5 cm³/mol. The highest BCUT2D eigenvalue weighted by Crippen LogP contribution is 2.13. The van der Waals surface area contributed by atoms with Crippen molar-refractivity contribution in [2.24, 2.45) is 0 Å². The molecule has 0 aliphatic carbocycles. The fraction of sp³-hybridized carbons (Fsp3) is 0.900. The lowest BCUT2D eigenvalue weighted by atomic mass is 10.1. The lowest BCUT2D eigenvalue weighted by molar-refractivity contribution is -0.131. The summed E-state index contributed by atoms with van der Waals surface area (Å²) >= 11 is 0. The van der Waals surface area contributed by atoms with Crippen molar-refractivity contribution in [1.29, 1.82) is 0 Å². The van der Waals surface area contributed by atoms with Gasteiger partial charge in [0.25, 0.3) is 0 Å². The van der Waals surface area contributed by atoms with E-state index >= 15 is 0 Å². The molecule has 0 aromatic rings. The third-order valence-corrected chi connectivity index (χ3v) is 2.48. The number of hydrogen-bond donors (Lipinski definition) is 0. The van der Waals surface area contributed by atoms with Gasteiger partial charge in [0.1, 0.15) is 0 Å². The minimum atomic E-state index is 0.203. The van der Waals surface area contributed by atoms with Gasteiger partial charge in [-0.3, -0.25) is 4.79 Å². The summed E-state index contributed by atoms with van der Waals surface area (Å²) in [6.45, 7) is 3.51. The molecule has 1 fully saturated rings. The molecule has 0 aromatic heterocycles. The highest BCUT2D eigenvalue weighted by atomic mass is 16.5. The summed E-state index contributed by atoms with van der Waals surface area (Å²) in [5.41, 5.74) is 0. The van der Waals surface area contributed by atoms with Crippen LogP contribution >= 0.6 is 0 Å². The predicted octanol–water partition coefficient (Wildman–Crippen LogP) is 1.42. The maximum atomic E-state index is 11.3. The molecule has 3 heteroatoms. The Labute approximate surface area is 80.1 Å². The smallest absolute Gasteiger partial charge is 0.222 e. The maximum absolute atomic E-state index is 11.3. The Balaban J connectivity index is 2.25. The van der Waals surface area contributed by atoms with Crippen LogP contribution in [-0.2, 0) is 9.53 Å². The van der Waals surface area contributed by atoms with Crippen LogP contribution in [0.4, 0.5) is 0 Å². The van der Waals surface area contributed by atoms with Crippen LogP contribution in [0.15, 0.2) is 0 Å². The van der Waals surface area contributed by atoms with Gasteiger partial charge in [0.2, 0.25) is 5.91 Å². The quantitative estimate of drug-likeness (QED) is 0.665. The summed E-state index contributed by atoms with van der Waals surface area (Å²) in [4.78, 5) is 13.0. The van der Waals surface area contributed by atoms with Crippen molar-refractivity contribution >= 4 is 5.91 Å². The standard InChI is InChI=1S/C10H19NO2/c1-3-10(12)11(2)8-9-6-4-5-7-13-9/h9H,3-8H2,1-2H3. The SMILES string of the molecule is CCC(=O)N(C)CC1CCCCO1. The van der Waals surface area contributed by atoms with E-state index in [-0.39, 0.29) is 12.0 Å². The van der Waals surface area contributed by atoms with Gasteiger partial charge in [-0.15, -0.1) is 0 Å². The van der Waals surface area contributed by atoms with Gasteiger partial charge in [0.15, 0.2) is 0 Å². The molecule has 1 unspecified atom stereocenters. The van der Waals surface area contributed by atoms with Crippen molar-refractivity contribution in [3.63, 3.8) is 0 Å². The normalized spacial score (nSPS) is 22.8. The van der Waals surface area contributed by atoms with Crippen LogP contribution < -0.4 is 0 Å². The molecule has 1 atom stereocenters. The number of nitrogens with zero attached hydrogens (tertiary/aromatic N) is 1. The van der Waals surface area contributed by atoms with Crippen LogP contribution in [0.5, 0.6) is 0 Å². The van der Waals surface area contributed by atoms with Crippen molar-refractivity contribution in [2.75, 3.05) is 20.2 Å². The topological polar surface area (TPSA) is 29.5 Å². The first-order chi connectivity index (χ1) is 6.24. The van der Waals surface area contributed by atoms with Gasteiger partial charge >= 0.3 is 0 Å². The van der Waals surface area contributed by atoms with Crippen molar-refractivity contribution in [3.8, 4) is 0 Å². The van der Waals surface area contributed by atoms with Gasteiger partial charge in [-0.1, -0.05) is 6.92 Å². The largest absolute Gasteiger partial charge is 0.376 e. The molecule has 1 aliphatic heterocycles. The second-order valence-corrected chi connectivity index (χ2v) is 3.62. The zero-order chi connectivity index (χ0) is 9.68. The Bertz CT molecular complexity index is 164. The van der Waals surface area contributed by atoms with Crippen LogP contribution in [0.2, 0.25) is 0 Å². The average Bonchev–Trinajstić information content (AvgIpc) is 2.18. The zero-order valence-corrected chi connectivity index (χ0v) is 8.58. The van der Waals surface area contributed by atoms with E-state index in [1.165, 1.54) is 12.8 Å². The molecule has 0 N–H and O–H groups in total. The zero-order valence-electron chi connectivity index (χ0n) is 8.58. The summed E-state index contributed by atoms with van der Waals surface area (Å²) < 4.78 is 5.55. The van der Waals surface area contributed by atoms with Gasteiger partial charge < -0.3 is 9.64 Å². The lowest BCUT2D eigenvalue weighted by Crippen LogP contribution is -2.36. The lowest BCUT2D eigenvalue weighted by Gasteiger charge is -2.27. The van der Waals surface area contributed by atoms with E-state index in [9.17, 15) is 4.79 Å². The molecule has 3 nitrogen and oxygen atoms in total. The van der Waals surface area contributed by atoms with Crippen molar-refractivity contribution in [3.05, 3.63) is 0 Å². The number of carbonyl (C=O) groups excluding carboxylic acids is 1. The van der Waals surface area contributed by atoms with E-state index in [4.69, 9.17) is 4.74 Å². The van der Waals surface area contributed by atoms with Crippen molar-refractivity contribution < 1.29 is 9.53 Å². The molecule has 1 heterocycles. The van der Waals surface area contributed by atoms with E-state index in [0.717, 1.165) is 19.6 Å². The molecule has 13 heavy (non-hydrogen) atoms. The molecule has 1 saturated heterocycles. The molecule has 0 radical (unpaired) electrons. The van der Waals surface area contributed by atoms with Gasteiger partial charge in [0.05, 0.1) is 6.10 Å². The molecule has 0 bridgehead atoms. The molecular weight excluding hydrogens is 166 g/mol. The number of rotatable bonds is 3. The van der Waals surface area contributed by atoms with Crippen LogP contribution in [-0.4, -0.2) is 37.1 Å². The molecule has 0 aromatic carbocycles. The number of amides is 1. The first-order valence-corrected chi connectivity index (χ1v) is 5.09. The Morgan fingerprint density at radius 3 is 2.85 bits per heavy atom. The number of hydrogen-bond acceptors (Lipinski definition) is 2. The van der Waals surface area contributed by atoms with Gasteiger partial charge in [-0.2, -0.15) is 0 Å². The summed E-state index contributed by atoms with van der Waals surface area (Å²) in [5.74, 6) is 0.203. The van der Waals surface area contributed by atoms with Gasteiger partial charge in [0, 0.05) is 26.6 Å². The first kappa shape index (κ1) is 10.5. The summed E-state index contributed by atoms with van der Waals surface area (Å²) in [6, 6.07) is 0. The Morgan fingerprint density at radius 2 is 2.31 bits per heavy atom. The molecule has 76 valence electrons. The fourth-order valence-corrected chi connectivity index (χ4v) is 1.63. The molecular formula is C10H19NO2. The van der Waals surface area contributed by atoms with Crippen molar-refractivity contribution in [1.82, 2.24) is 4.90 Å². The Morgan fingerprint density at radius 1 is 1.54 bits per heavy atom. The molecule has 1 rings (SSSR count). The Kier molecular flexibility index (Phi) is 4.22. The van der Waals surface area contributed by atoms with E-state index in [1.54, 1.807) is 4.90 Å². The van der Waals surface area contributed by atoms with Crippen LogP contribution in [0.1, 0.15) is 32.6 Å². The van der Waals surface area contributed by atoms with Gasteiger partial charge in [-0.05, 0) is 19.3 Å². The van der Waals surface area contributed by atoms with Crippen LogP contribution in [0.3, 0.4) is 0 Å². The third-order valence-electron chi connectivity index (χ3n) is 2.48. The number of carbonyl (C=O) groups is 1. The molecule has 1 amide bonds. The Hall–Kier alpha value is -0.570. The van der Waals surface area contributed by atoms with Crippen molar-refractivity contribution in [2.45, 2.75) is 38.7 Å². The molecule has 0 spiro atoms. The van der Waals surface area contributed by atoms with E-state index in [0.29, 0.717) is 6.42 Å². The monoisotopic (exact) mass is 185 g/mol. The fourth-order valence-electron chi connectivity index (χ4n) is 1.63. The maximum Gasteiger partial charge on any atom is 0.222 e. The van der Waals surface area contributed by atoms with Crippen LogP contribution in [0, 0.1) is 0 Å². The average molecular weight is 185 g/mol. The third kappa shape index (κ3) is 3.35. The highest BCUT2D eigenvalue weighted by molar-refractivity contribution is 5.75. The minimum Gasteiger partial charge on any atom is -0.376 e. The van der Waals surface area contributed by atoms with Crippen LogP contribution in [0.25, 0.3) is 0 Å². The number of ether oxygens (including phenoxy) is 1. The first-order valence-electron chi connectivity index (χ1n) is 5.09. The van der Waals surface area contributed by atoms with E-state index < -0.39 is 0 Å². The summed E-state index contributed by atoms with van der Waals surface area (Å²) in [6.07, 6.45) is 4.36. The van der Waals surface area contributed by atoms with Gasteiger partial charge in [-0.25, -0.2) is 0 Å².